The minimum Gasteiger partial charge on any atom is -0.370 e. The van der Waals surface area contributed by atoms with Gasteiger partial charge < -0.3 is 15.0 Å². The number of aromatic nitrogens is 2. The van der Waals surface area contributed by atoms with Crippen molar-refractivity contribution in [1.29, 1.82) is 0 Å². The first kappa shape index (κ1) is 20.2. The van der Waals surface area contributed by atoms with E-state index in [1.54, 1.807) is 11.3 Å². The van der Waals surface area contributed by atoms with Crippen molar-refractivity contribution in [2.45, 2.75) is 18.9 Å². The molecule has 1 aliphatic heterocycles. The van der Waals surface area contributed by atoms with Gasteiger partial charge in [0.05, 0.1) is 19.3 Å². The molecular formula is C17H26IN5OS. The van der Waals surface area contributed by atoms with Crippen LogP contribution in [0.2, 0.25) is 0 Å². The van der Waals surface area contributed by atoms with E-state index >= 15 is 0 Å². The average molecular weight is 475 g/mol. The summed E-state index contributed by atoms with van der Waals surface area (Å²) in [5.41, 5.74) is 1.12. The van der Waals surface area contributed by atoms with Crippen molar-refractivity contribution in [3.63, 3.8) is 0 Å². The summed E-state index contributed by atoms with van der Waals surface area (Å²) < 4.78 is 7.72. The predicted molar refractivity (Wildman–Crippen MR) is 113 cm³/mol. The number of hydrogen-bond acceptors (Lipinski definition) is 4. The first-order valence-corrected chi connectivity index (χ1v) is 9.14. The highest BCUT2D eigenvalue weighted by molar-refractivity contribution is 14.0. The highest BCUT2D eigenvalue weighted by Crippen LogP contribution is 2.22. The van der Waals surface area contributed by atoms with E-state index in [0.29, 0.717) is 12.5 Å². The molecule has 8 heteroatoms. The molecular weight excluding hydrogens is 449 g/mol. The molecule has 0 aromatic carbocycles. The molecule has 1 saturated heterocycles. The SMILES string of the molecule is CN=C(NCC(C)c1cccs1)N1CCOC(c2cnn(C)c2)C1.I. The fourth-order valence-corrected chi connectivity index (χ4v) is 3.69. The molecule has 25 heavy (non-hydrogen) atoms. The molecule has 1 aliphatic rings. The summed E-state index contributed by atoms with van der Waals surface area (Å²) >= 11 is 1.80. The van der Waals surface area contributed by atoms with Gasteiger partial charge in [0.25, 0.3) is 0 Å². The Balaban J connectivity index is 0.00000225. The monoisotopic (exact) mass is 475 g/mol. The molecule has 2 aromatic heterocycles. The zero-order chi connectivity index (χ0) is 16.9. The number of aliphatic imine (C=N–C) groups is 1. The molecule has 2 aromatic rings. The van der Waals surface area contributed by atoms with Crippen LogP contribution in [0.1, 0.15) is 29.4 Å². The summed E-state index contributed by atoms with van der Waals surface area (Å²) in [4.78, 5) is 8.12. The molecule has 2 unspecified atom stereocenters. The Kier molecular flexibility index (Phi) is 7.70. The topological polar surface area (TPSA) is 54.7 Å². The Morgan fingerprint density at radius 2 is 2.40 bits per heavy atom. The summed E-state index contributed by atoms with van der Waals surface area (Å²) in [6.45, 7) is 5.45. The van der Waals surface area contributed by atoms with E-state index < -0.39 is 0 Å². The molecule has 3 heterocycles. The van der Waals surface area contributed by atoms with Crippen molar-refractivity contribution < 1.29 is 4.74 Å². The Morgan fingerprint density at radius 3 is 3.04 bits per heavy atom. The standard InChI is InChI=1S/C17H25N5OS.HI/c1-13(16-5-4-8-24-16)9-19-17(18-2)22-6-7-23-15(12-22)14-10-20-21(3)11-14;/h4-5,8,10-11,13,15H,6-7,9,12H2,1-3H3,(H,18,19);1H. The number of hydrogen-bond donors (Lipinski definition) is 1. The van der Waals surface area contributed by atoms with Crippen LogP contribution < -0.4 is 5.32 Å². The summed E-state index contributed by atoms with van der Waals surface area (Å²) in [5, 5.41) is 9.88. The van der Waals surface area contributed by atoms with Crippen molar-refractivity contribution in [3.05, 3.63) is 40.3 Å². The Bertz CT molecular complexity index is 672. The van der Waals surface area contributed by atoms with Gasteiger partial charge >= 0.3 is 0 Å². The summed E-state index contributed by atoms with van der Waals surface area (Å²) in [6, 6.07) is 4.29. The maximum Gasteiger partial charge on any atom is 0.193 e. The van der Waals surface area contributed by atoms with Gasteiger partial charge in [-0.05, 0) is 11.4 Å². The molecule has 3 rings (SSSR count). The van der Waals surface area contributed by atoms with Crippen molar-refractivity contribution in [2.24, 2.45) is 12.0 Å². The largest absolute Gasteiger partial charge is 0.370 e. The lowest BCUT2D eigenvalue weighted by Crippen LogP contribution is -2.48. The van der Waals surface area contributed by atoms with Gasteiger partial charge in [0, 0.05) is 49.7 Å². The first-order valence-electron chi connectivity index (χ1n) is 8.26. The highest BCUT2D eigenvalue weighted by Gasteiger charge is 2.25. The number of thiophene rings is 1. The second kappa shape index (κ2) is 9.54. The van der Waals surface area contributed by atoms with Gasteiger partial charge in [-0.1, -0.05) is 13.0 Å². The second-order valence-electron chi connectivity index (χ2n) is 6.10. The van der Waals surface area contributed by atoms with Gasteiger partial charge in [-0.25, -0.2) is 0 Å². The summed E-state index contributed by atoms with van der Waals surface area (Å²) in [7, 11) is 3.77. The van der Waals surface area contributed by atoms with E-state index in [9.17, 15) is 0 Å². The fourth-order valence-electron chi connectivity index (χ4n) is 2.90. The third-order valence-corrected chi connectivity index (χ3v) is 5.37. The third-order valence-electron chi connectivity index (χ3n) is 4.27. The van der Waals surface area contributed by atoms with Crippen LogP contribution in [0.15, 0.2) is 34.9 Å². The van der Waals surface area contributed by atoms with E-state index in [2.05, 4.69) is 44.7 Å². The van der Waals surface area contributed by atoms with Crippen LogP contribution in [-0.4, -0.2) is 53.9 Å². The van der Waals surface area contributed by atoms with E-state index in [0.717, 1.165) is 31.2 Å². The lowest BCUT2D eigenvalue weighted by Gasteiger charge is -2.35. The van der Waals surface area contributed by atoms with Crippen LogP contribution in [0.5, 0.6) is 0 Å². The van der Waals surface area contributed by atoms with Crippen molar-refractivity contribution in [2.75, 3.05) is 33.3 Å². The molecule has 0 amide bonds. The second-order valence-corrected chi connectivity index (χ2v) is 7.08. The number of halogens is 1. The first-order chi connectivity index (χ1) is 11.7. The smallest absolute Gasteiger partial charge is 0.193 e. The van der Waals surface area contributed by atoms with Crippen LogP contribution in [0.25, 0.3) is 0 Å². The van der Waals surface area contributed by atoms with E-state index in [-0.39, 0.29) is 30.1 Å². The Labute approximate surface area is 170 Å². The van der Waals surface area contributed by atoms with Crippen molar-refractivity contribution in [3.8, 4) is 0 Å². The van der Waals surface area contributed by atoms with E-state index in [4.69, 9.17) is 4.74 Å². The molecule has 0 saturated carbocycles. The van der Waals surface area contributed by atoms with Crippen LogP contribution in [-0.2, 0) is 11.8 Å². The van der Waals surface area contributed by atoms with Crippen LogP contribution >= 0.6 is 35.3 Å². The van der Waals surface area contributed by atoms with Gasteiger partial charge in [0.2, 0.25) is 0 Å². The lowest BCUT2D eigenvalue weighted by atomic mass is 10.1. The highest BCUT2D eigenvalue weighted by atomic mass is 127. The van der Waals surface area contributed by atoms with Gasteiger partial charge in [-0.2, -0.15) is 5.10 Å². The third kappa shape index (κ3) is 5.18. The molecule has 0 aliphatic carbocycles. The van der Waals surface area contributed by atoms with E-state index in [1.165, 1.54) is 4.88 Å². The molecule has 0 spiro atoms. The van der Waals surface area contributed by atoms with Crippen LogP contribution in [0, 0.1) is 0 Å². The van der Waals surface area contributed by atoms with Gasteiger partial charge in [0.15, 0.2) is 5.96 Å². The van der Waals surface area contributed by atoms with Gasteiger partial charge in [0.1, 0.15) is 6.10 Å². The number of ether oxygens (including phenoxy) is 1. The molecule has 0 bridgehead atoms. The van der Waals surface area contributed by atoms with Crippen molar-refractivity contribution in [1.82, 2.24) is 20.0 Å². The maximum absolute atomic E-state index is 5.91. The summed E-state index contributed by atoms with van der Waals surface area (Å²) in [5.74, 6) is 1.41. The minimum atomic E-state index is 0. The maximum atomic E-state index is 5.91. The Hall–Kier alpha value is -1.13. The predicted octanol–water partition coefficient (Wildman–Crippen LogP) is 2.85. The van der Waals surface area contributed by atoms with Crippen LogP contribution in [0.4, 0.5) is 0 Å². The molecule has 138 valence electrons. The molecule has 6 nitrogen and oxygen atoms in total. The van der Waals surface area contributed by atoms with Crippen molar-refractivity contribution >= 4 is 41.3 Å². The molecule has 1 fully saturated rings. The lowest BCUT2D eigenvalue weighted by molar-refractivity contribution is -0.00803. The minimum absolute atomic E-state index is 0. The number of rotatable bonds is 4. The molecule has 2 atom stereocenters. The Morgan fingerprint density at radius 1 is 1.56 bits per heavy atom. The number of nitrogens with zero attached hydrogens (tertiary/aromatic N) is 4. The molecule has 0 radical (unpaired) electrons. The van der Waals surface area contributed by atoms with Gasteiger partial charge in [-0.15, -0.1) is 35.3 Å². The number of nitrogens with one attached hydrogen (secondary N) is 1. The zero-order valence-corrected chi connectivity index (χ0v) is 18.0. The quantitative estimate of drug-likeness (QED) is 0.420. The fraction of sp³-hybridized carbons (Fsp3) is 0.529. The zero-order valence-electron chi connectivity index (χ0n) is 14.9. The average Bonchev–Trinajstić information content (AvgIpc) is 3.27. The number of morpholine rings is 1. The van der Waals surface area contributed by atoms with Crippen LogP contribution in [0.3, 0.4) is 0 Å². The van der Waals surface area contributed by atoms with Gasteiger partial charge in [-0.3, -0.25) is 9.67 Å². The number of aryl methyl sites for hydroxylation is 1. The van der Waals surface area contributed by atoms with E-state index in [1.807, 2.05) is 31.2 Å². The normalized spacial score (nSPS) is 19.4. The molecule has 1 N–H and O–H groups in total. The summed E-state index contributed by atoms with van der Waals surface area (Å²) in [6.07, 6.45) is 3.94. The number of guanidine groups is 1.